The number of unbranched alkanes of at least 4 members (excludes halogenated alkanes) is 7. The second kappa shape index (κ2) is 21.7. The van der Waals surface area contributed by atoms with Crippen molar-refractivity contribution in [3.8, 4) is 0 Å². The summed E-state index contributed by atoms with van der Waals surface area (Å²) in [6, 6.07) is -0.845. The summed E-state index contributed by atoms with van der Waals surface area (Å²) < 4.78 is 0. The Kier molecular flexibility index (Phi) is 20.2. The fourth-order valence-electron chi connectivity index (χ4n) is 2.63. The van der Waals surface area contributed by atoms with Gasteiger partial charge in [-0.3, -0.25) is 4.79 Å². The molecule has 2 N–H and O–H groups in total. The van der Waals surface area contributed by atoms with Gasteiger partial charge in [-0.25, -0.2) is 4.79 Å². The van der Waals surface area contributed by atoms with Crippen LogP contribution in [0, 0.1) is 0 Å². The van der Waals surface area contributed by atoms with Gasteiger partial charge < -0.3 is 10.4 Å². The molecule has 0 bridgehead atoms. The summed E-state index contributed by atoms with van der Waals surface area (Å²) in [5.41, 5.74) is 0. The first-order valence-corrected chi connectivity index (χ1v) is 12.4. The number of hydrogen-bond acceptors (Lipinski definition) is 3. The maximum atomic E-state index is 11.7. The maximum absolute atomic E-state index is 11.7. The number of carboxylic acids is 1. The third-order valence-corrected chi connectivity index (χ3v) is 5.00. The summed E-state index contributed by atoms with van der Waals surface area (Å²) in [4.78, 5) is 22.8. The number of rotatable bonds is 18. The smallest absolute Gasteiger partial charge is 0.326 e. The molecule has 0 aromatic heterocycles. The molecule has 0 saturated heterocycles. The van der Waals surface area contributed by atoms with E-state index in [2.05, 4.69) is 24.4 Å². The van der Waals surface area contributed by atoms with E-state index in [1.54, 1.807) is 23.9 Å². The van der Waals surface area contributed by atoms with Crippen molar-refractivity contribution in [1.29, 1.82) is 0 Å². The summed E-state index contributed by atoms with van der Waals surface area (Å²) in [6.45, 7) is 2.25. The molecule has 0 fully saturated rings. The number of hydrogen-bond donors (Lipinski definition) is 2. The standard InChI is InChI=1S/C25H39NO3S/c1-3-4-5-6-7-8-9-10-11-12-13-14-15-16-17-18-19-20-24(27)26-23(25(28)29)21-22-30-2/h11-20,23H,3-10,21-22H2,1-2H3,(H,26,27)(H,28,29)/t23-/m0/s1. The summed E-state index contributed by atoms with van der Waals surface area (Å²) in [6.07, 6.45) is 31.3. The van der Waals surface area contributed by atoms with Gasteiger partial charge in [0.1, 0.15) is 6.04 Å². The highest BCUT2D eigenvalue weighted by molar-refractivity contribution is 7.98. The zero-order valence-corrected chi connectivity index (χ0v) is 19.4. The Labute approximate surface area is 187 Å². The molecule has 0 saturated carbocycles. The molecule has 0 rings (SSSR count). The molecule has 0 aromatic rings. The van der Waals surface area contributed by atoms with E-state index in [1.807, 2.05) is 36.6 Å². The molecule has 0 radical (unpaired) electrons. The van der Waals surface area contributed by atoms with Crippen LogP contribution in [0.5, 0.6) is 0 Å². The van der Waals surface area contributed by atoms with Crippen LogP contribution >= 0.6 is 11.8 Å². The normalized spacial score (nSPS) is 13.4. The SMILES string of the molecule is CCCCCCCCCC=CC=CC=CC=CC=CC(=O)N[C@@H](CCSC)C(=O)O. The van der Waals surface area contributed by atoms with E-state index in [-0.39, 0.29) is 0 Å². The number of nitrogens with one attached hydrogen (secondary N) is 1. The number of aliphatic carboxylic acids is 1. The predicted molar refractivity (Wildman–Crippen MR) is 131 cm³/mol. The van der Waals surface area contributed by atoms with Crippen molar-refractivity contribution in [2.24, 2.45) is 0 Å². The van der Waals surface area contributed by atoms with Gasteiger partial charge in [0.2, 0.25) is 5.91 Å². The first-order chi connectivity index (χ1) is 14.6. The molecule has 0 unspecified atom stereocenters. The van der Waals surface area contributed by atoms with Gasteiger partial charge in [0.25, 0.3) is 0 Å². The van der Waals surface area contributed by atoms with Gasteiger partial charge in [-0.05, 0) is 31.3 Å². The van der Waals surface area contributed by atoms with Crippen molar-refractivity contribution in [3.05, 3.63) is 60.8 Å². The Morgan fingerprint density at radius 2 is 1.43 bits per heavy atom. The van der Waals surface area contributed by atoms with Crippen LogP contribution in [-0.2, 0) is 9.59 Å². The van der Waals surface area contributed by atoms with E-state index in [0.717, 1.165) is 6.42 Å². The van der Waals surface area contributed by atoms with Gasteiger partial charge in [-0.1, -0.05) is 100 Å². The minimum absolute atomic E-state index is 0.400. The molecule has 0 aliphatic heterocycles. The zero-order chi connectivity index (χ0) is 22.3. The predicted octanol–water partition coefficient (Wildman–Crippen LogP) is 6.23. The summed E-state index contributed by atoms with van der Waals surface area (Å²) in [5.74, 6) is -0.719. The second-order valence-corrected chi connectivity index (χ2v) is 8.02. The molecule has 4 nitrogen and oxygen atoms in total. The van der Waals surface area contributed by atoms with Crippen LogP contribution in [-0.4, -0.2) is 35.0 Å². The molecule has 0 aliphatic rings. The molecule has 168 valence electrons. The van der Waals surface area contributed by atoms with Gasteiger partial charge in [-0.2, -0.15) is 11.8 Å². The maximum Gasteiger partial charge on any atom is 0.326 e. The number of carboxylic acid groups (broad SMARTS) is 1. The molecule has 0 aromatic carbocycles. The Morgan fingerprint density at radius 3 is 2.03 bits per heavy atom. The number of carbonyl (C=O) groups excluding carboxylic acids is 1. The summed E-state index contributed by atoms with van der Waals surface area (Å²) in [7, 11) is 0. The highest BCUT2D eigenvalue weighted by Crippen LogP contribution is 2.08. The lowest BCUT2D eigenvalue weighted by Gasteiger charge is -2.11. The van der Waals surface area contributed by atoms with Crippen molar-refractivity contribution in [1.82, 2.24) is 5.32 Å². The number of carbonyl (C=O) groups is 2. The third kappa shape index (κ3) is 19.3. The quantitative estimate of drug-likeness (QED) is 0.153. The van der Waals surface area contributed by atoms with Crippen LogP contribution in [0.4, 0.5) is 0 Å². The van der Waals surface area contributed by atoms with E-state index in [1.165, 1.54) is 51.0 Å². The van der Waals surface area contributed by atoms with Crippen LogP contribution < -0.4 is 5.32 Å². The van der Waals surface area contributed by atoms with Crippen LogP contribution in [0.1, 0.15) is 64.7 Å². The van der Waals surface area contributed by atoms with Gasteiger partial charge in [0.05, 0.1) is 0 Å². The largest absolute Gasteiger partial charge is 0.480 e. The van der Waals surface area contributed by atoms with Gasteiger partial charge >= 0.3 is 5.97 Å². The molecule has 1 amide bonds. The van der Waals surface area contributed by atoms with E-state index in [0.29, 0.717) is 12.2 Å². The average Bonchev–Trinajstić information content (AvgIpc) is 2.73. The van der Waals surface area contributed by atoms with Crippen LogP contribution in [0.3, 0.4) is 0 Å². The number of amides is 1. The lowest BCUT2D eigenvalue weighted by Crippen LogP contribution is -2.40. The molecule has 0 spiro atoms. The van der Waals surface area contributed by atoms with E-state index in [4.69, 9.17) is 5.11 Å². The molecule has 0 heterocycles. The molecule has 0 aliphatic carbocycles. The lowest BCUT2D eigenvalue weighted by atomic mass is 10.1. The summed E-state index contributed by atoms with van der Waals surface area (Å²) >= 11 is 1.55. The number of thioether (sulfide) groups is 1. The third-order valence-electron chi connectivity index (χ3n) is 4.36. The lowest BCUT2D eigenvalue weighted by molar-refractivity contribution is -0.141. The van der Waals surface area contributed by atoms with Crippen molar-refractivity contribution >= 4 is 23.6 Å². The molecule has 5 heteroatoms. The monoisotopic (exact) mass is 433 g/mol. The first kappa shape index (κ1) is 28.0. The van der Waals surface area contributed by atoms with Gasteiger partial charge in [0, 0.05) is 6.08 Å². The van der Waals surface area contributed by atoms with Crippen molar-refractivity contribution in [2.45, 2.75) is 70.8 Å². The first-order valence-electron chi connectivity index (χ1n) is 11.0. The topological polar surface area (TPSA) is 66.4 Å². The van der Waals surface area contributed by atoms with Crippen LogP contribution in [0.2, 0.25) is 0 Å². The molecular formula is C25H39NO3S. The fourth-order valence-corrected chi connectivity index (χ4v) is 3.11. The van der Waals surface area contributed by atoms with E-state index >= 15 is 0 Å². The highest BCUT2D eigenvalue weighted by atomic mass is 32.2. The highest BCUT2D eigenvalue weighted by Gasteiger charge is 2.17. The average molecular weight is 434 g/mol. The van der Waals surface area contributed by atoms with Crippen LogP contribution in [0.15, 0.2) is 60.8 Å². The minimum atomic E-state index is -1.01. The Bertz CT molecular complexity index is 591. The summed E-state index contributed by atoms with van der Waals surface area (Å²) in [5, 5.41) is 11.6. The molecule has 30 heavy (non-hydrogen) atoms. The molecular weight excluding hydrogens is 394 g/mol. The number of allylic oxidation sites excluding steroid dienone is 9. The van der Waals surface area contributed by atoms with Gasteiger partial charge in [-0.15, -0.1) is 0 Å². The second-order valence-electron chi connectivity index (χ2n) is 7.03. The molecule has 1 atom stereocenters. The van der Waals surface area contributed by atoms with Crippen molar-refractivity contribution in [3.63, 3.8) is 0 Å². The Balaban J connectivity index is 3.90. The van der Waals surface area contributed by atoms with Crippen molar-refractivity contribution in [2.75, 3.05) is 12.0 Å². The Morgan fingerprint density at radius 1 is 0.867 bits per heavy atom. The van der Waals surface area contributed by atoms with E-state index in [9.17, 15) is 9.59 Å². The van der Waals surface area contributed by atoms with Gasteiger partial charge in [0.15, 0.2) is 0 Å². The Hall–Kier alpha value is -2.01. The zero-order valence-electron chi connectivity index (χ0n) is 18.6. The van der Waals surface area contributed by atoms with E-state index < -0.39 is 17.9 Å². The van der Waals surface area contributed by atoms with Crippen molar-refractivity contribution < 1.29 is 14.7 Å². The fraction of sp³-hybridized carbons (Fsp3) is 0.520. The van der Waals surface area contributed by atoms with Crippen LogP contribution in [0.25, 0.3) is 0 Å². The minimum Gasteiger partial charge on any atom is -0.480 e.